The topological polar surface area (TPSA) is 52.6 Å². The van der Waals surface area contributed by atoms with E-state index in [0.717, 1.165) is 0 Å². The molecule has 0 aromatic rings. The van der Waals surface area contributed by atoms with Gasteiger partial charge >= 0.3 is 0 Å². The third kappa shape index (κ3) is 2.80. The van der Waals surface area contributed by atoms with Gasteiger partial charge in [-0.05, 0) is 21.0 Å². The Morgan fingerprint density at radius 1 is 1.70 bits per heavy atom. The number of aliphatic hydroxyl groups excluding tert-OH is 1. The monoisotopic (exact) mass is 146 g/mol. The van der Waals surface area contributed by atoms with Gasteiger partial charge < -0.3 is 10.4 Å². The normalized spacial score (nSPS) is 13.3. The molecule has 0 aliphatic carbocycles. The second-order valence-corrected chi connectivity index (χ2v) is 2.34. The molecule has 4 heteroatoms. The van der Waals surface area contributed by atoms with Crippen molar-refractivity contribution in [2.24, 2.45) is 0 Å². The first kappa shape index (κ1) is 9.39. The molecule has 0 rings (SSSR count). The Bertz CT molecular complexity index is 114. The van der Waals surface area contributed by atoms with Crippen LogP contribution in [0, 0.1) is 0 Å². The van der Waals surface area contributed by atoms with Gasteiger partial charge in [-0.1, -0.05) is 0 Å². The van der Waals surface area contributed by atoms with E-state index in [1.807, 2.05) is 14.1 Å². The first-order valence-corrected chi connectivity index (χ1v) is 3.14. The number of aliphatic hydroxyl groups is 1. The number of carbonyl (C=O) groups is 1. The highest BCUT2D eigenvalue weighted by Gasteiger charge is 2.12. The number of nitrogens with one attached hydrogen (secondary N) is 1. The molecule has 0 heterocycles. The van der Waals surface area contributed by atoms with Gasteiger partial charge in [0, 0.05) is 0 Å². The molecule has 0 spiro atoms. The van der Waals surface area contributed by atoms with Crippen molar-refractivity contribution in [1.82, 2.24) is 10.2 Å². The Morgan fingerprint density at radius 2 is 2.20 bits per heavy atom. The van der Waals surface area contributed by atoms with Crippen LogP contribution in [0.15, 0.2) is 0 Å². The minimum Gasteiger partial charge on any atom is -0.376 e. The van der Waals surface area contributed by atoms with Crippen molar-refractivity contribution < 1.29 is 9.90 Å². The lowest BCUT2D eigenvalue weighted by atomic mass is 10.3. The molecule has 60 valence electrons. The third-order valence-electron chi connectivity index (χ3n) is 1.41. The summed E-state index contributed by atoms with van der Waals surface area (Å²) in [6, 6.07) is -0.188. The SMILES string of the molecule is CC(C(=O)NCO)N(C)C. The largest absolute Gasteiger partial charge is 0.376 e. The van der Waals surface area contributed by atoms with Gasteiger partial charge in [-0.2, -0.15) is 0 Å². The minimum absolute atomic E-state index is 0.160. The van der Waals surface area contributed by atoms with Crippen LogP contribution >= 0.6 is 0 Å². The molecule has 0 aromatic heterocycles. The summed E-state index contributed by atoms with van der Waals surface area (Å²) >= 11 is 0. The third-order valence-corrected chi connectivity index (χ3v) is 1.41. The van der Waals surface area contributed by atoms with Crippen LogP contribution in [0.3, 0.4) is 0 Å². The molecule has 0 bridgehead atoms. The molecular formula is C6H14N2O2. The summed E-state index contributed by atoms with van der Waals surface area (Å²) in [4.78, 5) is 12.6. The Kier molecular flexibility index (Phi) is 3.99. The quantitative estimate of drug-likeness (QED) is 0.502. The number of amides is 1. The van der Waals surface area contributed by atoms with Gasteiger partial charge in [0.25, 0.3) is 0 Å². The number of hydrogen-bond acceptors (Lipinski definition) is 3. The zero-order valence-corrected chi connectivity index (χ0v) is 6.59. The number of carbonyl (C=O) groups excluding carboxylic acids is 1. The average Bonchev–Trinajstić information content (AvgIpc) is 1.87. The summed E-state index contributed by atoms with van der Waals surface area (Å²) in [6.07, 6.45) is 0. The molecule has 10 heavy (non-hydrogen) atoms. The molecule has 0 radical (unpaired) electrons. The van der Waals surface area contributed by atoms with Crippen molar-refractivity contribution in [3.8, 4) is 0 Å². The van der Waals surface area contributed by atoms with E-state index in [1.165, 1.54) is 0 Å². The Morgan fingerprint density at radius 3 is 2.50 bits per heavy atom. The molecule has 0 aliphatic heterocycles. The molecule has 2 N–H and O–H groups in total. The standard InChI is InChI=1S/C6H14N2O2/c1-5(8(2)3)6(10)7-4-9/h5,9H,4H2,1-3H3,(H,7,10). The van der Waals surface area contributed by atoms with Gasteiger partial charge in [0.15, 0.2) is 0 Å². The van der Waals surface area contributed by atoms with Gasteiger partial charge in [0.1, 0.15) is 6.73 Å². The molecule has 0 saturated heterocycles. The molecule has 0 fully saturated rings. The molecule has 0 aromatic carbocycles. The lowest BCUT2D eigenvalue weighted by Gasteiger charge is -2.17. The fourth-order valence-corrected chi connectivity index (χ4v) is 0.460. The number of nitrogens with zero attached hydrogens (tertiary/aromatic N) is 1. The summed E-state index contributed by atoms with van der Waals surface area (Å²) in [5.41, 5.74) is 0. The Hall–Kier alpha value is -0.610. The predicted octanol–water partition coefficient (Wildman–Crippen LogP) is -0.997. The van der Waals surface area contributed by atoms with E-state index in [2.05, 4.69) is 5.32 Å². The van der Waals surface area contributed by atoms with E-state index in [0.29, 0.717) is 0 Å². The number of rotatable bonds is 3. The molecule has 0 saturated carbocycles. The van der Waals surface area contributed by atoms with Crippen molar-refractivity contribution in [3.63, 3.8) is 0 Å². The van der Waals surface area contributed by atoms with Gasteiger partial charge in [-0.25, -0.2) is 0 Å². The van der Waals surface area contributed by atoms with Gasteiger partial charge in [0.2, 0.25) is 5.91 Å². The van der Waals surface area contributed by atoms with E-state index >= 15 is 0 Å². The highest BCUT2D eigenvalue weighted by Crippen LogP contribution is 1.89. The lowest BCUT2D eigenvalue weighted by molar-refractivity contribution is -0.126. The molecular weight excluding hydrogens is 132 g/mol. The summed E-state index contributed by atoms with van der Waals surface area (Å²) in [6.45, 7) is 1.47. The zero-order valence-electron chi connectivity index (χ0n) is 6.59. The first-order chi connectivity index (χ1) is 4.59. The summed E-state index contributed by atoms with van der Waals surface area (Å²) in [7, 11) is 3.61. The van der Waals surface area contributed by atoms with Crippen LogP contribution in [0.1, 0.15) is 6.92 Å². The second-order valence-electron chi connectivity index (χ2n) is 2.34. The van der Waals surface area contributed by atoms with E-state index in [9.17, 15) is 4.79 Å². The van der Waals surface area contributed by atoms with Crippen LogP contribution in [0.5, 0.6) is 0 Å². The fraction of sp³-hybridized carbons (Fsp3) is 0.833. The highest BCUT2D eigenvalue weighted by atomic mass is 16.3. The fourth-order valence-electron chi connectivity index (χ4n) is 0.460. The lowest BCUT2D eigenvalue weighted by Crippen LogP contribution is -2.41. The van der Waals surface area contributed by atoms with Crippen LogP contribution in [-0.4, -0.2) is 42.8 Å². The van der Waals surface area contributed by atoms with E-state index in [4.69, 9.17) is 5.11 Å². The molecule has 1 unspecified atom stereocenters. The zero-order chi connectivity index (χ0) is 8.15. The molecule has 1 amide bonds. The van der Waals surface area contributed by atoms with E-state index < -0.39 is 0 Å². The second kappa shape index (κ2) is 4.24. The van der Waals surface area contributed by atoms with Crippen molar-refractivity contribution in [2.45, 2.75) is 13.0 Å². The maximum atomic E-state index is 10.9. The molecule has 1 atom stereocenters. The average molecular weight is 146 g/mol. The van der Waals surface area contributed by atoms with Crippen LogP contribution in [-0.2, 0) is 4.79 Å². The predicted molar refractivity (Wildman–Crippen MR) is 38.4 cm³/mol. The van der Waals surface area contributed by atoms with Crippen molar-refractivity contribution in [1.29, 1.82) is 0 Å². The van der Waals surface area contributed by atoms with Crippen molar-refractivity contribution >= 4 is 5.91 Å². The van der Waals surface area contributed by atoms with E-state index in [1.54, 1.807) is 11.8 Å². The number of likely N-dealkylation sites (N-methyl/N-ethyl adjacent to an activating group) is 1. The van der Waals surface area contributed by atoms with E-state index in [-0.39, 0.29) is 18.7 Å². The van der Waals surface area contributed by atoms with Crippen molar-refractivity contribution in [3.05, 3.63) is 0 Å². The minimum atomic E-state index is -0.295. The smallest absolute Gasteiger partial charge is 0.238 e. The maximum absolute atomic E-state index is 10.9. The van der Waals surface area contributed by atoms with Crippen molar-refractivity contribution in [2.75, 3.05) is 20.8 Å². The van der Waals surface area contributed by atoms with Gasteiger partial charge in [-0.15, -0.1) is 0 Å². The van der Waals surface area contributed by atoms with Crippen LogP contribution < -0.4 is 5.32 Å². The summed E-state index contributed by atoms with van der Waals surface area (Å²) < 4.78 is 0. The Balaban J connectivity index is 3.71. The maximum Gasteiger partial charge on any atom is 0.238 e. The van der Waals surface area contributed by atoms with Gasteiger partial charge in [-0.3, -0.25) is 9.69 Å². The van der Waals surface area contributed by atoms with Crippen LogP contribution in [0.4, 0.5) is 0 Å². The first-order valence-electron chi connectivity index (χ1n) is 3.14. The number of hydrogen-bond donors (Lipinski definition) is 2. The molecule has 4 nitrogen and oxygen atoms in total. The Labute approximate surface area is 60.8 Å². The van der Waals surface area contributed by atoms with Crippen LogP contribution in [0.25, 0.3) is 0 Å². The van der Waals surface area contributed by atoms with Crippen LogP contribution in [0.2, 0.25) is 0 Å². The molecule has 0 aliphatic rings. The highest BCUT2D eigenvalue weighted by molar-refractivity contribution is 5.80. The summed E-state index contributed by atoms with van der Waals surface area (Å²) in [5, 5.41) is 10.6. The van der Waals surface area contributed by atoms with Gasteiger partial charge in [0.05, 0.1) is 6.04 Å². The summed E-state index contributed by atoms with van der Waals surface area (Å²) in [5.74, 6) is -0.160.